The summed E-state index contributed by atoms with van der Waals surface area (Å²) >= 11 is 0. The number of oxime groups is 1. The van der Waals surface area contributed by atoms with E-state index in [1.807, 2.05) is 6.92 Å². The molecule has 0 radical (unpaired) electrons. The van der Waals surface area contributed by atoms with Crippen LogP contribution in [0, 0.1) is 22.7 Å². The average Bonchev–Trinajstić information content (AvgIpc) is 2.53. The van der Waals surface area contributed by atoms with Gasteiger partial charge in [-0.15, -0.1) is 0 Å². The van der Waals surface area contributed by atoms with Crippen LogP contribution < -0.4 is 0 Å². The summed E-state index contributed by atoms with van der Waals surface area (Å²) in [6, 6.07) is 0. The third kappa shape index (κ3) is 4.57. The lowest BCUT2D eigenvalue weighted by Crippen LogP contribution is -2.48. The van der Waals surface area contributed by atoms with Crippen LogP contribution in [0.15, 0.2) is 28.5 Å². The summed E-state index contributed by atoms with van der Waals surface area (Å²) in [6.45, 7) is 14.1. The van der Waals surface area contributed by atoms with Gasteiger partial charge in [0.2, 0.25) is 0 Å². The molecule has 0 aromatic heterocycles. The molecule has 0 aromatic carbocycles. The van der Waals surface area contributed by atoms with Crippen molar-refractivity contribution in [3.63, 3.8) is 0 Å². The van der Waals surface area contributed by atoms with E-state index in [0.29, 0.717) is 10.8 Å². The third-order valence-corrected chi connectivity index (χ3v) is 7.29. The van der Waals surface area contributed by atoms with Crippen LogP contribution in [0.4, 0.5) is 0 Å². The summed E-state index contributed by atoms with van der Waals surface area (Å²) in [5.41, 5.74) is 4.89. The summed E-state index contributed by atoms with van der Waals surface area (Å²) in [5, 5.41) is 12.0. The normalized spacial score (nSPS) is 33.0. The van der Waals surface area contributed by atoms with Gasteiger partial charge in [-0.05, 0) is 88.4 Å². The van der Waals surface area contributed by atoms with E-state index in [2.05, 4.69) is 51.9 Å². The van der Waals surface area contributed by atoms with E-state index in [1.165, 1.54) is 44.1 Å². The Bertz CT molecular complexity index is 554. The second-order valence-corrected chi connectivity index (χ2v) is 9.60. The Morgan fingerprint density at radius 3 is 2.64 bits per heavy atom. The first-order valence-electron chi connectivity index (χ1n) is 10.2. The van der Waals surface area contributed by atoms with Gasteiger partial charge in [0, 0.05) is 0 Å². The molecule has 0 aromatic rings. The Morgan fingerprint density at radius 1 is 1.24 bits per heavy atom. The van der Waals surface area contributed by atoms with Gasteiger partial charge in [-0.1, -0.05) is 55.6 Å². The van der Waals surface area contributed by atoms with Crippen LogP contribution >= 0.6 is 0 Å². The van der Waals surface area contributed by atoms with Crippen molar-refractivity contribution in [1.82, 2.24) is 0 Å². The number of rotatable bonds is 6. The van der Waals surface area contributed by atoms with Crippen LogP contribution in [-0.4, -0.2) is 10.9 Å². The van der Waals surface area contributed by atoms with Crippen molar-refractivity contribution < 1.29 is 5.21 Å². The highest BCUT2D eigenvalue weighted by molar-refractivity contribution is 5.81. The lowest BCUT2D eigenvalue weighted by atomic mass is 9.48. The summed E-state index contributed by atoms with van der Waals surface area (Å²) in [5.74, 6) is 1.56. The SMILES string of the molecule is CC1=CC[C@H]2C(C)(C)CCC[C@@]2(C)[C@H]1CC/C(C)=C/CC/C(C)=N\O. The van der Waals surface area contributed by atoms with Crippen molar-refractivity contribution in [1.29, 1.82) is 0 Å². The molecular weight excluding hydrogens is 306 g/mol. The van der Waals surface area contributed by atoms with Crippen molar-refractivity contribution in [3.8, 4) is 0 Å². The van der Waals surface area contributed by atoms with E-state index in [-0.39, 0.29) is 0 Å². The number of allylic oxidation sites excluding steroid dienone is 4. The Balaban J connectivity index is 2.03. The first-order valence-corrected chi connectivity index (χ1v) is 10.2. The Labute approximate surface area is 155 Å². The fourth-order valence-electron chi connectivity index (χ4n) is 5.75. The zero-order valence-corrected chi connectivity index (χ0v) is 17.4. The van der Waals surface area contributed by atoms with Crippen LogP contribution in [-0.2, 0) is 0 Å². The van der Waals surface area contributed by atoms with Gasteiger partial charge in [0.15, 0.2) is 0 Å². The first-order chi connectivity index (χ1) is 11.7. The number of hydrogen-bond acceptors (Lipinski definition) is 2. The fourth-order valence-corrected chi connectivity index (χ4v) is 5.75. The van der Waals surface area contributed by atoms with E-state index < -0.39 is 0 Å². The molecule has 0 saturated heterocycles. The molecule has 1 fully saturated rings. The van der Waals surface area contributed by atoms with Crippen molar-refractivity contribution in [2.24, 2.45) is 27.8 Å². The van der Waals surface area contributed by atoms with Crippen LogP contribution in [0.2, 0.25) is 0 Å². The molecule has 0 heterocycles. The smallest absolute Gasteiger partial charge is 0.0543 e. The van der Waals surface area contributed by atoms with Gasteiger partial charge in [-0.25, -0.2) is 0 Å². The second-order valence-electron chi connectivity index (χ2n) is 9.60. The molecule has 3 atom stereocenters. The Morgan fingerprint density at radius 2 is 1.96 bits per heavy atom. The van der Waals surface area contributed by atoms with Gasteiger partial charge < -0.3 is 5.21 Å². The molecule has 2 heteroatoms. The van der Waals surface area contributed by atoms with E-state index in [9.17, 15) is 0 Å². The molecule has 2 nitrogen and oxygen atoms in total. The van der Waals surface area contributed by atoms with E-state index >= 15 is 0 Å². The minimum absolute atomic E-state index is 0.473. The maximum atomic E-state index is 8.74. The second kappa shape index (κ2) is 8.10. The van der Waals surface area contributed by atoms with E-state index in [4.69, 9.17) is 5.21 Å². The maximum Gasteiger partial charge on any atom is 0.0543 e. The molecule has 0 bridgehead atoms. The molecular formula is C23H39NO. The van der Waals surface area contributed by atoms with Crippen molar-refractivity contribution in [2.75, 3.05) is 0 Å². The highest BCUT2D eigenvalue weighted by Gasteiger charge is 2.51. The molecule has 2 aliphatic rings. The Hall–Kier alpha value is -1.05. The maximum absolute atomic E-state index is 8.74. The molecule has 2 rings (SSSR count). The lowest BCUT2D eigenvalue weighted by Gasteiger charge is -2.57. The molecule has 25 heavy (non-hydrogen) atoms. The average molecular weight is 346 g/mol. The first kappa shape index (κ1) is 20.3. The van der Waals surface area contributed by atoms with Gasteiger partial charge in [0.25, 0.3) is 0 Å². The minimum atomic E-state index is 0.473. The molecule has 2 aliphatic carbocycles. The third-order valence-electron chi connectivity index (χ3n) is 7.29. The summed E-state index contributed by atoms with van der Waals surface area (Å²) in [6.07, 6.45) is 14.6. The van der Waals surface area contributed by atoms with Gasteiger partial charge in [0.1, 0.15) is 0 Å². The summed E-state index contributed by atoms with van der Waals surface area (Å²) in [4.78, 5) is 0. The zero-order chi connectivity index (χ0) is 18.7. The number of nitrogens with zero attached hydrogens (tertiary/aromatic N) is 1. The standard InChI is InChI=1S/C23H39NO/c1-17(9-7-10-19(3)24-25)11-13-20-18(2)12-14-21-22(4,5)15-8-16-23(20,21)6/h9,12,20-21,25H,7-8,10-11,13-16H2,1-6H3/b17-9+,24-19-/t20-,21-,23-/m0/s1. The van der Waals surface area contributed by atoms with Gasteiger partial charge in [0.05, 0.1) is 5.71 Å². The number of fused-ring (bicyclic) bond motifs is 1. The van der Waals surface area contributed by atoms with Gasteiger partial charge in [-0.3, -0.25) is 0 Å². The molecule has 0 amide bonds. The fraction of sp³-hybridized carbons (Fsp3) is 0.783. The molecule has 1 saturated carbocycles. The largest absolute Gasteiger partial charge is 0.411 e. The van der Waals surface area contributed by atoms with E-state index in [1.54, 1.807) is 5.57 Å². The predicted molar refractivity (Wildman–Crippen MR) is 108 cm³/mol. The highest BCUT2D eigenvalue weighted by Crippen LogP contribution is 2.60. The summed E-state index contributed by atoms with van der Waals surface area (Å²) < 4.78 is 0. The van der Waals surface area contributed by atoms with E-state index in [0.717, 1.165) is 30.4 Å². The highest BCUT2D eigenvalue weighted by atomic mass is 16.4. The van der Waals surface area contributed by atoms with Crippen LogP contribution in [0.3, 0.4) is 0 Å². The van der Waals surface area contributed by atoms with Crippen LogP contribution in [0.5, 0.6) is 0 Å². The molecule has 1 N–H and O–H groups in total. The van der Waals surface area contributed by atoms with Crippen LogP contribution in [0.1, 0.15) is 92.9 Å². The lowest BCUT2D eigenvalue weighted by molar-refractivity contribution is -0.0390. The molecule has 0 aliphatic heterocycles. The van der Waals surface area contributed by atoms with Crippen molar-refractivity contribution in [3.05, 3.63) is 23.3 Å². The monoisotopic (exact) mass is 345 g/mol. The van der Waals surface area contributed by atoms with Crippen molar-refractivity contribution >= 4 is 5.71 Å². The van der Waals surface area contributed by atoms with Gasteiger partial charge in [-0.2, -0.15) is 0 Å². The predicted octanol–water partition coefficient (Wildman–Crippen LogP) is 7.14. The molecule has 142 valence electrons. The minimum Gasteiger partial charge on any atom is -0.411 e. The number of hydrogen-bond donors (Lipinski definition) is 1. The topological polar surface area (TPSA) is 32.6 Å². The Kier molecular flexibility index (Phi) is 6.56. The quantitative estimate of drug-likeness (QED) is 0.236. The van der Waals surface area contributed by atoms with Gasteiger partial charge >= 0.3 is 0 Å². The van der Waals surface area contributed by atoms with Crippen LogP contribution in [0.25, 0.3) is 0 Å². The molecule has 0 spiro atoms. The van der Waals surface area contributed by atoms with Crippen molar-refractivity contribution in [2.45, 2.75) is 92.9 Å². The molecule has 0 unspecified atom stereocenters. The zero-order valence-electron chi connectivity index (χ0n) is 17.4. The summed E-state index contributed by atoms with van der Waals surface area (Å²) in [7, 11) is 0.